The molecule has 0 aliphatic carbocycles. The van der Waals surface area contributed by atoms with E-state index in [4.69, 9.17) is 4.74 Å². The van der Waals surface area contributed by atoms with Crippen molar-refractivity contribution in [2.75, 3.05) is 13.7 Å². The highest BCUT2D eigenvalue weighted by molar-refractivity contribution is 5.94. The van der Waals surface area contributed by atoms with Crippen LogP contribution in [0.2, 0.25) is 0 Å². The van der Waals surface area contributed by atoms with E-state index in [0.29, 0.717) is 24.9 Å². The lowest BCUT2D eigenvalue weighted by Gasteiger charge is -2.25. The monoisotopic (exact) mass is 433 g/mol. The second kappa shape index (κ2) is 11.4. The highest BCUT2D eigenvalue weighted by atomic mass is 16.5. The number of amides is 1. The molecule has 0 saturated heterocycles. The molecule has 1 amide bonds. The van der Waals surface area contributed by atoms with E-state index in [1.165, 1.54) is 0 Å². The lowest BCUT2D eigenvalue weighted by atomic mass is 10.0. The van der Waals surface area contributed by atoms with Crippen LogP contribution in [0.15, 0.2) is 66.9 Å². The molecule has 3 aromatic rings. The van der Waals surface area contributed by atoms with Crippen molar-refractivity contribution in [1.82, 2.24) is 15.6 Å². The Morgan fingerprint density at radius 3 is 2.50 bits per heavy atom. The van der Waals surface area contributed by atoms with E-state index in [1.807, 2.05) is 74.5 Å². The van der Waals surface area contributed by atoms with Gasteiger partial charge >= 0.3 is 0 Å². The Hall–Kier alpha value is -3.22. The third kappa shape index (κ3) is 6.64. The van der Waals surface area contributed by atoms with E-state index >= 15 is 0 Å². The van der Waals surface area contributed by atoms with Crippen molar-refractivity contribution in [3.8, 4) is 5.75 Å². The molecule has 0 radical (unpaired) electrons. The van der Waals surface area contributed by atoms with E-state index in [9.17, 15) is 9.90 Å². The molecule has 3 N–H and O–H groups in total. The molecular weight excluding hydrogens is 402 g/mol. The van der Waals surface area contributed by atoms with Crippen LogP contribution in [0.5, 0.6) is 5.75 Å². The smallest absolute Gasteiger partial charge is 0.251 e. The lowest BCUT2D eigenvalue weighted by molar-refractivity contribution is 0.0737. The second-order valence-corrected chi connectivity index (χ2v) is 7.90. The molecule has 2 atom stereocenters. The average Bonchev–Trinajstić information content (AvgIpc) is 2.81. The van der Waals surface area contributed by atoms with Crippen LogP contribution in [0.25, 0.3) is 0 Å². The molecule has 0 fully saturated rings. The normalized spacial score (nSPS) is 12.8. The van der Waals surface area contributed by atoms with Gasteiger partial charge in [-0.1, -0.05) is 24.3 Å². The number of carbonyl (C=O) groups excluding carboxylic acids is 1. The standard InChI is InChI=1S/C26H31N3O3/c1-18-7-10-21(16-19(18)2)25(30)29-24(17-20-8-11-23(32-3)12-9-20)26(31)28-15-13-22-6-4-5-14-27-22/h4-12,14,16,24,26,28,31H,13,15,17H2,1-3H3,(H,29,30)/t24-,26?/m1/s1. The van der Waals surface area contributed by atoms with Gasteiger partial charge in [0.15, 0.2) is 0 Å². The molecule has 2 aromatic carbocycles. The Balaban J connectivity index is 1.69. The molecule has 0 bridgehead atoms. The third-order valence-corrected chi connectivity index (χ3v) is 5.54. The number of benzene rings is 2. The van der Waals surface area contributed by atoms with Gasteiger partial charge in [-0.15, -0.1) is 0 Å². The molecule has 0 spiro atoms. The van der Waals surface area contributed by atoms with Crippen molar-refractivity contribution < 1.29 is 14.6 Å². The third-order valence-electron chi connectivity index (χ3n) is 5.54. The quantitative estimate of drug-likeness (QED) is 0.428. The first-order valence-corrected chi connectivity index (χ1v) is 10.8. The SMILES string of the molecule is COc1ccc(C[C@@H](NC(=O)c2ccc(C)c(C)c2)C(O)NCCc2ccccn2)cc1. The van der Waals surface area contributed by atoms with Crippen molar-refractivity contribution >= 4 is 5.91 Å². The minimum absolute atomic E-state index is 0.211. The van der Waals surface area contributed by atoms with Gasteiger partial charge in [0.1, 0.15) is 12.0 Å². The van der Waals surface area contributed by atoms with E-state index in [-0.39, 0.29) is 5.91 Å². The number of hydrogen-bond donors (Lipinski definition) is 3. The number of hydrogen-bond acceptors (Lipinski definition) is 5. The number of aryl methyl sites for hydroxylation is 2. The predicted octanol–water partition coefficient (Wildman–Crippen LogP) is 3.20. The van der Waals surface area contributed by atoms with E-state index < -0.39 is 12.3 Å². The summed E-state index contributed by atoms with van der Waals surface area (Å²) in [6.07, 6.45) is 1.98. The number of aliphatic hydroxyl groups is 1. The minimum Gasteiger partial charge on any atom is -0.497 e. The molecule has 1 heterocycles. The Morgan fingerprint density at radius 1 is 1.06 bits per heavy atom. The van der Waals surface area contributed by atoms with Crippen LogP contribution in [0.1, 0.15) is 32.7 Å². The van der Waals surface area contributed by atoms with Gasteiger partial charge in [0.05, 0.1) is 13.2 Å². The van der Waals surface area contributed by atoms with Gasteiger partial charge in [0.25, 0.3) is 5.91 Å². The summed E-state index contributed by atoms with van der Waals surface area (Å²) in [5, 5.41) is 17.0. The number of ether oxygens (including phenoxy) is 1. The van der Waals surface area contributed by atoms with Crippen LogP contribution in [-0.4, -0.2) is 41.9 Å². The summed E-state index contributed by atoms with van der Waals surface area (Å²) in [7, 11) is 1.62. The number of nitrogens with zero attached hydrogens (tertiary/aromatic N) is 1. The molecule has 0 aliphatic heterocycles. The fraction of sp³-hybridized carbons (Fsp3) is 0.308. The van der Waals surface area contributed by atoms with Gasteiger partial charge in [-0.05, 0) is 73.4 Å². The van der Waals surface area contributed by atoms with Gasteiger partial charge in [-0.3, -0.25) is 15.1 Å². The largest absolute Gasteiger partial charge is 0.497 e. The molecule has 0 aliphatic rings. The molecule has 0 saturated carbocycles. The summed E-state index contributed by atoms with van der Waals surface area (Å²) in [5.74, 6) is 0.552. The van der Waals surface area contributed by atoms with Crippen molar-refractivity contribution in [2.24, 2.45) is 0 Å². The summed E-state index contributed by atoms with van der Waals surface area (Å²) in [5.41, 5.74) is 4.69. The fourth-order valence-corrected chi connectivity index (χ4v) is 3.43. The zero-order valence-electron chi connectivity index (χ0n) is 18.8. The second-order valence-electron chi connectivity index (χ2n) is 7.90. The maximum Gasteiger partial charge on any atom is 0.251 e. The van der Waals surface area contributed by atoms with Crippen molar-refractivity contribution in [2.45, 2.75) is 39.0 Å². The Morgan fingerprint density at radius 2 is 1.84 bits per heavy atom. The van der Waals surface area contributed by atoms with Crippen molar-refractivity contribution in [3.63, 3.8) is 0 Å². The highest BCUT2D eigenvalue weighted by Gasteiger charge is 2.22. The maximum atomic E-state index is 12.9. The van der Waals surface area contributed by atoms with Crippen LogP contribution in [0.4, 0.5) is 0 Å². The number of aromatic nitrogens is 1. The average molecular weight is 434 g/mol. The summed E-state index contributed by atoms with van der Waals surface area (Å²) < 4.78 is 5.22. The van der Waals surface area contributed by atoms with Gasteiger partial charge in [0.2, 0.25) is 0 Å². The van der Waals surface area contributed by atoms with E-state index in [0.717, 1.165) is 28.1 Å². The zero-order valence-corrected chi connectivity index (χ0v) is 18.8. The number of nitrogens with one attached hydrogen (secondary N) is 2. The summed E-state index contributed by atoms with van der Waals surface area (Å²) in [6.45, 7) is 4.53. The van der Waals surface area contributed by atoms with Crippen LogP contribution in [-0.2, 0) is 12.8 Å². The van der Waals surface area contributed by atoms with Crippen LogP contribution >= 0.6 is 0 Å². The van der Waals surface area contributed by atoms with Crippen LogP contribution in [0, 0.1) is 13.8 Å². The first-order chi connectivity index (χ1) is 15.5. The minimum atomic E-state index is -0.920. The van der Waals surface area contributed by atoms with Crippen molar-refractivity contribution in [3.05, 3.63) is 94.8 Å². The summed E-state index contributed by atoms with van der Waals surface area (Å²) in [6, 6.07) is 18.5. The molecular formula is C26H31N3O3. The molecule has 6 heteroatoms. The number of carbonyl (C=O) groups is 1. The predicted molar refractivity (Wildman–Crippen MR) is 126 cm³/mol. The van der Waals surface area contributed by atoms with Crippen LogP contribution in [0.3, 0.4) is 0 Å². The van der Waals surface area contributed by atoms with Crippen LogP contribution < -0.4 is 15.4 Å². The fourth-order valence-electron chi connectivity index (χ4n) is 3.43. The molecule has 32 heavy (non-hydrogen) atoms. The maximum absolute atomic E-state index is 12.9. The number of rotatable bonds is 10. The molecule has 3 rings (SSSR count). The molecule has 168 valence electrons. The first-order valence-electron chi connectivity index (χ1n) is 10.8. The molecule has 1 unspecified atom stereocenters. The zero-order chi connectivity index (χ0) is 22.9. The number of methoxy groups -OCH3 is 1. The highest BCUT2D eigenvalue weighted by Crippen LogP contribution is 2.15. The van der Waals surface area contributed by atoms with Gasteiger partial charge in [-0.2, -0.15) is 0 Å². The first kappa shape index (κ1) is 23.4. The Labute approximate surface area is 189 Å². The lowest BCUT2D eigenvalue weighted by Crippen LogP contribution is -2.51. The van der Waals surface area contributed by atoms with E-state index in [2.05, 4.69) is 15.6 Å². The van der Waals surface area contributed by atoms with Gasteiger partial charge in [-0.25, -0.2) is 0 Å². The number of pyridine rings is 1. The van der Waals surface area contributed by atoms with Gasteiger partial charge < -0.3 is 15.2 Å². The molecule has 6 nitrogen and oxygen atoms in total. The molecule has 1 aromatic heterocycles. The Kier molecular flexibility index (Phi) is 8.36. The topological polar surface area (TPSA) is 83.5 Å². The van der Waals surface area contributed by atoms with Gasteiger partial charge in [0, 0.05) is 30.4 Å². The van der Waals surface area contributed by atoms with Crippen molar-refractivity contribution in [1.29, 1.82) is 0 Å². The Bertz CT molecular complexity index is 1010. The number of aliphatic hydroxyl groups excluding tert-OH is 1. The summed E-state index contributed by atoms with van der Waals surface area (Å²) in [4.78, 5) is 17.2. The van der Waals surface area contributed by atoms with E-state index in [1.54, 1.807) is 13.3 Å². The summed E-state index contributed by atoms with van der Waals surface area (Å²) >= 11 is 0.